The topological polar surface area (TPSA) is 70.6 Å². The third kappa shape index (κ3) is 3.38. The molecule has 0 heterocycles. The highest BCUT2D eigenvalue weighted by Gasteiger charge is 2.29. The Labute approximate surface area is 91.9 Å². The third-order valence-electron chi connectivity index (χ3n) is 3.47. The summed E-state index contributed by atoms with van der Waals surface area (Å²) in [6, 6.07) is 0.00687. The van der Waals surface area contributed by atoms with Crippen LogP contribution in [-0.2, 0) is 0 Å². The van der Waals surface area contributed by atoms with Gasteiger partial charge in [-0.1, -0.05) is 31.8 Å². The van der Waals surface area contributed by atoms with Gasteiger partial charge in [0, 0.05) is 6.54 Å². The minimum atomic E-state index is 0.00687. The summed E-state index contributed by atoms with van der Waals surface area (Å²) in [7, 11) is 0. The number of oxime groups is 1. The van der Waals surface area contributed by atoms with Crippen molar-refractivity contribution in [2.24, 2.45) is 16.3 Å². The molecule has 1 unspecified atom stereocenters. The van der Waals surface area contributed by atoms with Gasteiger partial charge in [-0.2, -0.15) is 0 Å². The van der Waals surface area contributed by atoms with Gasteiger partial charge in [-0.3, -0.25) is 0 Å². The van der Waals surface area contributed by atoms with E-state index in [1.165, 1.54) is 25.7 Å². The summed E-state index contributed by atoms with van der Waals surface area (Å²) < 4.78 is 0. The van der Waals surface area contributed by atoms with E-state index >= 15 is 0 Å². The number of hydrogen-bond donors (Lipinski definition) is 3. The summed E-state index contributed by atoms with van der Waals surface area (Å²) in [4.78, 5) is 0. The fourth-order valence-electron chi connectivity index (χ4n) is 2.30. The molecule has 1 fully saturated rings. The number of nitrogens with two attached hydrogens (primary N) is 1. The summed E-state index contributed by atoms with van der Waals surface area (Å²) >= 11 is 0. The van der Waals surface area contributed by atoms with Crippen molar-refractivity contribution >= 4 is 5.84 Å². The quantitative estimate of drug-likeness (QED) is 0.282. The van der Waals surface area contributed by atoms with Crippen molar-refractivity contribution in [2.75, 3.05) is 6.54 Å². The first-order valence-electron chi connectivity index (χ1n) is 5.82. The number of amidine groups is 1. The molecule has 0 aromatic carbocycles. The van der Waals surface area contributed by atoms with Crippen molar-refractivity contribution in [1.29, 1.82) is 0 Å². The van der Waals surface area contributed by atoms with Crippen molar-refractivity contribution in [3.05, 3.63) is 0 Å². The minimum absolute atomic E-state index is 0.00687. The first kappa shape index (κ1) is 12.3. The average Bonchev–Trinajstić information content (AvgIpc) is 2.66. The summed E-state index contributed by atoms with van der Waals surface area (Å²) in [5, 5.41) is 15.1. The Balaban J connectivity index is 2.40. The molecule has 0 aliphatic heterocycles. The molecule has 1 rings (SSSR count). The van der Waals surface area contributed by atoms with Crippen LogP contribution in [0.4, 0.5) is 0 Å². The Morgan fingerprint density at radius 3 is 2.60 bits per heavy atom. The van der Waals surface area contributed by atoms with E-state index in [1.54, 1.807) is 0 Å². The maximum atomic E-state index is 8.62. The lowest BCUT2D eigenvalue weighted by molar-refractivity contribution is 0.297. The average molecular weight is 213 g/mol. The molecule has 1 saturated carbocycles. The SMILES string of the molecule is CCC(NCC1(C)CCCC1)C(N)=NO. The second-order valence-electron chi connectivity index (χ2n) is 4.88. The zero-order valence-corrected chi connectivity index (χ0v) is 9.79. The highest BCUT2D eigenvalue weighted by atomic mass is 16.4. The van der Waals surface area contributed by atoms with Crippen LogP contribution in [-0.4, -0.2) is 23.6 Å². The molecule has 88 valence electrons. The van der Waals surface area contributed by atoms with Crippen molar-refractivity contribution in [2.45, 2.75) is 52.0 Å². The van der Waals surface area contributed by atoms with E-state index in [1.807, 2.05) is 6.92 Å². The second kappa shape index (κ2) is 5.35. The normalized spacial score (nSPS) is 22.9. The standard InChI is InChI=1S/C11H23N3O/c1-3-9(10(12)14-15)13-8-11(2)6-4-5-7-11/h9,13,15H,3-8H2,1-2H3,(H2,12,14). The number of rotatable bonds is 5. The fraction of sp³-hybridized carbons (Fsp3) is 0.909. The molecule has 1 aliphatic rings. The molecule has 1 atom stereocenters. The van der Waals surface area contributed by atoms with Crippen LogP contribution in [0.15, 0.2) is 5.16 Å². The molecule has 0 aromatic heterocycles. The van der Waals surface area contributed by atoms with E-state index in [9.17, 15) is 0 Å². The lowest BCUT2D eigenvalue weighted by Crippen LogP contribution is -2.44. The monoisotopic (exact) mass is 213 g/mol. The molecule has 0 bridgehead atoms. The van der Waals surface area contributed by atoms with E-state index in [4.69, 9.17) is 10.9 Å². The Kier molecular flexibility index (Phi) is 4.39. The number of hydrogen-bond acceptors (Lipinski definition) is 3. The van der Waals surface area contributed by atoms with Gasteiger partial charge in [0.2, 0.25) is 0 Å². The molecule has 4 heteroatoms. The molecular weight excluding hydrogens is 190 g/mol. The first-order chi connectivity index (χ1) is 7.11. The van der Waals surface area contributed by atoms with Crippen LogP contribution in [0.25, 0.3) is 0 Å². The molecule has 4 N–H and O–H groups in total. The minimum Gasteiger partial charge on any atom is -0.409 e. The van der Waals surface area contributed by atoms with Crippen molar-refractivity contribution in [3.63, 3.8) is 0 Å². The summed E-state index contributed by atoms with van der Waals surface area (Å²) in [5.74, 6) is 0.291. The third-order valence-corrected chi connectivity index (χ3v) is 3.47. The molecule has 4 nitrogen and oxygen atoms in total. The van der Waals surface area contributed by atoms with Crippen molar-refractivity contribution in [1.82, 2.24) is 5.32 Å². The van der Waals surface area contributed by atoms with Crippen LogP contribution >= 0.6 is 0 Å². The van der Waals surface area contributed by atoms with Crippen LogP contribution in [0.2, 0.25) is 0 Å². The van der Waals surface area contributed by atoms with Gasteiger partial charge in [-0.25, -0.2) is 0 Å². The second-order valence-corrected chi connectivity index (χ2v) is 4.88. The number of nitrogens with zero attached hydrogens (tertiary/aromatic N) is 1. The molecule has 15 heavy (non-hydrogen) atoms. The fourth-order valence-corrected chi connectivity index (χ4v) is 2.30. The van der Waals surface area contributed by atoms with E-state index in [0.29, 0.717) is 11.3 Å². The number of nitrogens with one attached hydrogen (secondary N) is 1. The summed E-state index contributed by atoms with van der Waals surface area (Å²) in [5.41, 5.74) is 6.00. The summed E-state index contributed by atoms with van der Waals surface area (Å²) in [6.45, 7) is 5.31. The lowest BCUT2D eigenvalue weighted by atomic mass is 9.88. The lowest BCUT2D eigenvalue weighted by Gasteiger charge is -2.26. The van der Waals surface area contributed by atoms with E-state index in [2.05, 4.69) is 17.4 Å². The van der Waals surface area contributed by atoms with Gasteiger partial charge in [0.1, 0.15) is 0 Å². The van der Waals surface area contributed by atoms with Gasteiger partial charge >= 0.3 is 0 Å². The maximum absolute atomic E-state index is 8.62. The highest BCUT2D eigenvalue weighted by Crippen LogP contribution is 2.36. The van der Waals surface area contributed by atoms with E-state index in [-0.39, 0.29) is 6.04 Å². The van der Waals surface area contributed by atoms with Crippen molar-refractivity contribution < 1.29 is 5.21 Å². The van der Waals surface area contributed by atoms with Gasteiger partial charge < -0.3 is 16.3 Å². The van der Waals surface area contributed by atoms with Crippen LogP contribution in [0.1, 0.15) is 46.0 Å². The Morgan fingerprint density at radius 1 is 1.53 bits per heavy atom. The first-order valence-corrected chi connectivity index (χ1v) is 5.82. The van der Waals surface area contributed by atoms with Crippen LogP contribution in [0.5, 0.6) is 0 Å². The van der Waals surface area contributed by atoms with Crippen LogP contribution < -0.4 is 11.1 Å². The predicted molar refractivity (Wildman–Crippen MR) is 62.1 cm³/mol. The Bertz CT molecular complexity index is 222. The van der Waals surface area contributed by atoms with Gasteiger partial charge in [0.05, 0.1) is 6.04 Å². The van der Waals surface area contributed by atoms with E-state index < -0.39 is 0 Å². The summed E-state index contributed by atoms with van der Waals surface area (Å²) in [6.07, 6.45) is 6.09. The van der Waals surface area contributed by atoms with Gasteiger partial charge in [0.25, 0.3) is 0 Å². The molecular formula is C11H23N3O. The predicted octanol–water partition coefficient (Wildman–Crippen LogP) is 1.68. The zero-order valence-electron chi connectivity index (χ0n) is 9.79. The highest BCUT2D eigenvalue weighted by molar-refractivity contribution is 5.85. The Morgan fingerprint density at radius 2 is 2.13 bits per heavy atom. The molecule has 1 aliphatic carbocycles. The molecule has 0 spiro atoms. The molecule has 0 amide bonds. The van der Waals surface area contributed by atoms with E-state index in [0.717, 1.165) is 13.0 Å². The smallest absolute Gasteiger partial charge is 0.156 e. The van der Waals surface area contributed by atoms with Gasteiger partial charge in [-0.15, -0.1) is 0 Å². The van der Waals surface area contributed by atoms with Crippen molar-refractivity contribution in [3.8, 4) is 0 Å². The van der Waals surface area contributed by atoms with Gasteiger partial charge in [0.15, 0.2) is 5.84 Å². The Hall–Kier alpha value is -0.770. The van der Waals surface area contributed by atoms with Gasteiger partial charge in [-0.05, 0) is 24.7 Å². The molecule has 0 radical (unpaired) electrons. The van der Waals surface area contributed by atoms with Crippen LogP contribution in [0, 0.1) is 5.41 Å². The molecule has 0 aromatic rings. The van der Waals surface area contributed by atoms with Crippen LogP contribution in [0.3, 0.4) is 0 Å². The maximum Gasteiger partial charge on any atom is 0.156 e. The largest absolute Gasteiger partial charge is 0.409 e. The molecule has 0 saturated heterocycles. The zero-order chi connectivity index (χ0) is 11.3.